The Hall–Kier alpha value is -1.77. The number of hydrogen-bond acceptors (Lipinski definition) is 2. The van der Waals surface area contributed by atoms with Gasteiger partial charge in [0.1, 0.15) is 5.75 Å². The van der Waals surface area contributed by atoms with Crippen LogP contribution in [0, 0.1) is 13.8 Å². The molecule has 2 N–H and O–H groups in total. The minimum atomic E-state index is 0. The molecule has 0 bridgehead atoms. The van der Waals surface area contributed by atoms with Gasteiger partial charge in [0, 0.05) is 32.8 Å². The standard InChI is InChI=1S/C16H15N2O.H2O.W/c1-11-10-17-18-9-8-13(12(2)16(11)18)14-6-4-5-7-15(14)19-3;;/h4-10H,1H2,2-3H3;1H2;/q-1;;. The van der Waals surface area contributed by atoms with Crippen molar-refractivity contribution in [2.45, 2.75) is 6.92 Å². The summed E-state index contributed by atoms with van der Waals surface area (Å²) < 4.78 is 7.30. The quantitative estimate of drug-likeness (QED) is 0.561. The number of methoxy groups -OCH3 is 1. The maximum atomic E-state index is 5.44. The average molecular weight is 453 g/mol. The maximum absolute atomic E-state index is 5.44. The second-order valence-electron chi connectivity index (χ2n) is 4.52. The summed E-state index contributed by atoms with van der Waals surface area (Å²) in [5, 5.41) is 4.28. The van der Waals surface area contributed by atoms with Crippen LogP contribution in [-0.2, 0) is 21.1 Å². The molecular weight excluding hydrogens is 436 g/mol. The molecule has 21 heavy (non-hydrogen) atoms. The van der Waals surface area contributed by atoms with Gasteiger partial charge in [0.2, 0.25) is 0 Å². The molecule has 3 aromatic rings. The summed E-state index contributed by atoms with van der Waals surface area (Å²) in [4.78, 5) is 0. The van der Waals surface area contributed by atoms with Crippen molar-refractivity contribution in [2.24, 2.45) is 0 Å². The number of pyridine rings is 1. The van der Waals surface area contributed by atoms with Gasteiger partial charge >= 0.3 is 0 Å². The van der Waals surface area contributed by atoms with E-state index >= 15 is 0 Å². The second kappa shape index (κ2) is 6.79. The molecule has 0 radical (unpaired) electrons. The molecule has 0 atom stereocenters. The van der Waals surface area contributed by atoms with Crippen molar-refractivity contribution < 1.29 is 31.3 Å². The Balaban J connectivity index is 0.00000110. The van der Waals surface area contributed by atoms with Crippen molar-refractivity contribution >= 4 is 5.52 Å². The van der Waals surface area contributed by atoms with Gasteiger partial charge < -0.3 is 14.7 Å². The van der Waals surface area contributed by atoms with Crippen LogP contribution >= 0.6 is 0 Å². The molecule has 0 aliphatic heterocycles. The minimum Gasteiger partial charge on any atom is -0.496 e. The molecule has 0 amide bonds. The van der Waals surface area contributed by atoms with E-state index in [9.17, 15) is 0 Å². The van der Waals surface area contributed by atoms with E-state index in [1.54, 1.807) is 13.3 Å². The largest absolute Gasteiger partial charge is 0.496 e. The summed E-state index contributed by atoms with van der Waals surface area (Å²) in [6.07, 6.45) is 3.74. The van der Waals surface area contributed by atoms with Gasteiger partial charge in [-0.05, 0) is 30.1 Å². The fraction of sp³-hybridized carbons (Fsp3) is 0.125. The van der Waals surface area contributed by atoms with Crippen molar-refractivity contribution in [3.05, 3.63) is 60.8 Å². The summed E-state index contributed by atoms with van der Waals surface area (Å²) in [6, 6.07) is 10.1. The Kier molecular flexibility index (Phi) is 5.59. The van der Waals surface area contributed by atoms with Crippen LogP contribution < -0.4 is 4.74 Å². The zero-order chi connectivity index (χ0) is 13.4. The van der Waals surface area contributed by atoms with Crippen LogP contribution in [0.15, 0.2) is 42.7 Å². The molecule has 110 valence electrons. The number of rotatable bonds is 2. The molecule has 0 saturated carbocycles. The average Bonchev–Trinajstić information content (AvgIpc) is 2.82. The number of ether oxygens (including phenoxy) is 1. The molecule has 3 rings (SSSR count). The molecule has 0 unspecified atom stereocenters. The Morgan fingerprint density at radius 3 is 2.57 bits per heavy atom. The summed E-state index contributed by atoms with van der Waals surface area (Å²) in [5.74, 6) is 0.875. The van der Waals surface area contributed by atoms with Crippen molar-refractivity contribution in [3.8, 4) is 16.9 Å². The van der Waals surface area contributed by atoms with Crippen LogP contribution in [0.5, 0.6) is 5.75 Å². The van der Waals surface area contributed by atoms with Crippen LogP contribution in [0.1, 0.15) is 11.1 Å². The number of fused-ring (bicyclic) bond motifs is 1. The Bertz CT molecular complexity index is 753. The van der Waals surface area contributed by atoms with Crippen molar-refractivity contribution in [1.82, 2.24) is 9.61 Å². The Labute approximate surface area is 138 Å². The normalized spacial score (nSPS) is 9.81. The Morgan fingerprint density at radius 1 is 1.14 bits per heavy atom. The fourth-order valence-electron chi connectivity index (χ4n) is 2.48. The summed E-state index contributed by atoms with van der Waals surface area (Å²) in [5.41, 5.74) is 5.40. The Morgan fingerprint density at radius 2 is 1.86 bits per heavy atom. The van der Waals surface area contributed by atoms with E-state index in [0.29, 0.717) is 0 Å². The SMILES string of the molecule is O.[CH2-]c1cnn2ccc(-c3ccccc3OC)c(C)c12.[W]. The van der Waals surface area contributed by atoms with Gasteiger partial charge in [-0.25, -0.2) is 0 Å². The predicted octanol–water partition coefficient (Wildman–Crippen LogP) is 2.67. The van der Waals surface area contributed by atoms with Gasteiger partial charge in [-0.2, -0.15) is 12.5 Å². The van der Waals surface area contributed by atoms with Gasteiger partial charge in [-0.15, -0.1) is 0 Å². The van der Waals surface area contributed by atoms with Crippen LogP contribution in [-0.4, -0.2) is 22.2 Å². The maximum Gasteiger partial charge on any atom is 0.126 e. The van der Waals surface area contributed by atoms with Gasteiger partial charge in [0.15, 0.2) is 0 Å². The van der Waals surface area contributed by atoms with Crippen LogP contribution in [0.4, 0.5) is 0 Å². The molecular formula is C16H17N2O2W-. The third-order valence-electron chi connectivity index (χ3n) is 3.41. The first kappa shape index (κ1) is 17.3. The molecule has 0 saturated heterocycles. The van der Waals surface area contributed by atoms with E-state index in [1.165, 1.54) is 0 Å². The van der Waals surface area contributed by atoms with E-state index in [-0.39, 0.29) is 26.5 Å². The molecule has 0 spiro atoms. The molecule has 0 aliphatic carbocycles. The van der Waals surface area contributed by atoms with E-state index in [2.05, 4.69) is 31.1 Å². The summed E-state index contributed by atoms with van der Waals surface area (Å²) in [7, 11) is 1.69. The second-order valence-corrected chi connectivity index (χ2v) is 4.52. The molecule has 1 aromatic carbocycles. The smallest absolute Gasteiger partial charge is 0.126 e. The minimum absolute atomic E-state index is 0. The number of aromatic nitrogens is 2. The summed E-state index contributed by atoms with van der Waals surface area (Å²) in [6.45, 7) is 6.12. The zero-order valence-corrected chi connectivity index (χ0v) is 14.9. The summed E-state index contributed by atoms with van der Waals surface area (Å²) >= 11 is 0. The number of benzene rings is 1. The van der Waals surface area contributed by atoms with Crippen LogP contribution in [0.2, 0.25) is 0 Å². The fourth-order valence-corrected chi connectivity index (χ4v) is 2.48. The van der Waals surface area contributed by atoms with Crippen molar-refractivity contribution in [1.29, 1.82) is 0 Å². The number of aryl methyl sites for hydroxylation is 1. The zero-order valence-electron chi connectivity index (χ0n) is 12.0. The number of nitrogens with zero attached hydrogens (tertiary/aromatic N) is 2. The van der Waals surface area contributed by atoms with E-state index in [1.807, 2.05) is 28.9 Å². The topological polar surface area (TPSA) is 58.0 Å². The molecule has 4 nitrogen and oxygen atoms in total. The van der Waals surface area contributed by atoms with Gasteiger partial charge in [0.05, 0.1) is 7.11 Å². The van der Waals surface area contributed by atoms with Crippen molar-refractivity contribution in [2.75, 3.05) is 7.11 Å². The molecule has 5 heteroatoms. The van der Waals surface area contributed by atoms with E-state index < -0.39 is 0 Å². The number of para-hydroxylation sites is 1. The van der Waals surface area contributed by atoms with Gasteiger partial charge in [0.25, 0.3) is 0 Å². The van der Waals surface area contributed by atoms with Gasteiger partial charge in [-0.1, -0.05) is 30.0 Å². The predicted molar refractivity (Wildman–Crippen MR) is 80.0 cm³/mol. The van der Waals surface area contributed by atoms with Crippen molar-refractivity contribution in [3.63, 3.8) is 0 Å². The first-order valence-electron chi connectivity index (χ1n) is 6.14. The van der Waals surface area contributed by atoms with E-state index in [0.717, 1.165) is 33.5 Å². The monoisotopic (exact) mass is 453 g/mol. The van der Waals surface area contributed by atoms with Crippen LogP contribution in [0.3, 0.4) is 0 Å². The number of hydrogen-bond donors (Lipinski definition) is 0. The molecule has 2 aromatic heterocycles. The molecule has 0 aliphatic rings. The molecule has 2 heterocycles. The first-order chi connectivity index (χ1) is 9.22. The third kappa shape index (κ3) is 2.82. The first-order valence-corrected chi connectivity index (χ1v) is 6.14. The third-order valence-corrected chi connectivity index (χ3v) is 3.41. The molecule has 0 fully saturated rings. The van der Waals surface area contributed by atoms with Gasteiger partial charge in [-0.3, -0.25) is 5.10 Å². The van der Waals surface area contributed by atoms with Crippen LogP contribution in [0.25, 0.3) is 16.6 Å². The van der Waals surface area contributed by atoms with E-state index in [4.69, 9.17) is 4.74 Å².